The first-order valence-corrected chi connectivity index (χ1v) is 4.40. The smallest absolute Gasteiger partial charge is 0.142 e. The summed E-state index contributed by atoms with van der Waals surface area (Å²) < 4.78 is 0. The highest BCUT2D eigenvalue weighted by Gasteiger charge is 2.10. The number of nitrogens with zero attached hydrogens (tertiary/aromatic N) is 2. The van der Waals surface area contributed by atoms with E-state index < -0.39 is 0 Å². The maximum atomic E-state index is 10.1. The zero-order valence-electron chi connectivity index (χ0n) is 7.19. The molecule has 13 heavy (non-hydrogen) atoms. The monoisotopic (exact) mass is 198 g/mol. The van der Waals surface area contributed by atoms with Gasteiger partial charge in [0.15, 0.2) is 0 Å². The molecule has 1 aromatic heterocycles. The van der Waals surface area contributed by atoms with Crippen molar-refractivity contribution < 1.29 is 5.11 Å². The van der Waals surface area contributed by atoms with E-state index in [1.165, 1.54) is 0 Å². The molecule has 0 aliphatic heterocycles. The zero-order valence-corrected chi connectivity index (χ0v) is 8.08. The molecule has 1 rings (SSSR count). The van der Waals surface area contributed by atoms with Crippen LogP contribution in [-0.2, 0) is 12.3 Å². The lowest BCUT2D eigenvalue weighted by Gasteiger charge is -2.07. The van der Waals surface area contributed by atoms with Gasteiger partial charge < -0.3 is 5.11 Å². The van der Waals surface area contributed by atoms with E-state index in [0.29, 0.717) is 17.0 Å². The fourth-order valence-electron chi connectivity index (χ4n) is 1.06. The van der Waals surface area contributed by atoms with Crippen LogP contribution in [0, 0.1) is 11.8 Å². The SMILES string of the molecule is Cc1ncc(CS)c(CN=O)c1O. The molecule has 0 saturated carbocycles. The molecule has 1 heterocycles. The summed E-state index contributed by atoms with van der Waals surface area (Å²) in [4.78, 5) is 14.0. The number of hydrogen-bond donors (Lipinski definition) is 2. The summed E-state index contributed by atoms with van der Waals surface area (Å²) in [7, 11) is 0. The summed E-state index contributed by atoms with van der Waals surface area (Å²) in [5, 5.41) is 12.3. The first-order valence-electron chi connectivity index (χ1n) is 3.77. The molecular formula is C8H10N2O2S. The average Bonchev–Trinajstić information content (AvgIpc) is 2.14. The van der Waals surface area contributed by atoms with E-state index in [9.17, 15) is 10.0 Å². The summed E-state index contributed by atoms with van der Waals surface area (Å²) in [6.07, 6.45) is 1.60. The van der Waals surface area contributed by atoms with Crippen molar-refractivity contribution >= 4 is 12.6 Å². The van der Waals surface area contributed by atoms with E-state index >= 15 is 0 Å². The Labute approximate surface area is 81.4 Å². The van der Waals surface area contributed by atoms with E-state index in [1.807, 2.05) is 0 Å². The minimum absolute atomic E-state index is 0.0366. The van der Waals surface area contributed by atoms with Crippen LogP contribution in [0.1, 0.15) is 16.8 Å². The number of aryl methyl sites for hydroxylation is 1. The van der Waals surface area contributed by atoms with Crippen molar-refractivity contribution in [2.45, 2.75) is 19.2 Å². The van der Waals surface area contributed by atoms with Gasteiger partial charge in [0.1, 0.15) is 12.3 Å². The summed E-state index contributed by atoms with van der Waals surface area (Å²) in [6.45, 7) is 1.64. The number of thiol groups is 1. The van der Waals surface area contributed by atoms with Gasteiger partial charge in [-0.05, 0) is 12.5 Å². The first kappa shape index (κ1) is 9.98. The molecule has 1 N–H and O–H groups in total. The number of hydrogen-bond acceptors (Lipinski definition) is 5. The van der Waals surface area contributed by atoms with E-state index in [-0.39, 0.29) is 12.3 Å². The van der Waals surface area contributed by atoms with Crippen molar-refractivity contribution in [2.75, 3.05) is 0 Å². The Balaban J connectivity index is 3.23. The van der Waals surface area contributed by atoms with Gasteiger partial charge in [-0.25, -0.2) is 0 Å². The maximum Gasteiger partial charge on any atom is 0.142 e. The summed E-state index contributed by atoms with van der Waals surface area (Å²) in [6, 6.07) is 0. The molecule has 4 nitrogen and oxygen atoms in total. The molecule has 1 aromatic rings. The van der Waals surface area contributed by atoms with Gasteiger partial charge >= 0.3 is 0 Å². The molecule has 0 fully saturated rings. The van der Waals surface area contributed by atoms with Crippen molar-refractivity contribution in [3.63, 3.8) is 0 Å². The fraction of sp³-hybridized carbons (Fsp3) is 0.375. The van der Waals surface area contributed by atoms with E-state index in [4.69, 9.17) is 0 Å². The van der Waals surface area contributed by atoms with Gasteiger partial charge in [0, 0.05) is 17.5 Å². The molecule has 0 aliphatic carbocycles. The molecule has 0 amide bonds. The molecule has 0 spiro atoms. The summed E-state index contributed by atoms with van der Waals surface area (Å²) in [5.74, 6) is 0.484. The van der Waals surface area contributed by atoms with Gasteiger partial charge in [-0.15, -0.1) is 0 Å². The Bertz CT molecular complexity index is 328. The van der Waals surface area contributed by atoms with Gasteiger partial charge in [0.2, 0.25) is 0 Å². The van der Waals surface area contributed by atoms with E-state index in [1.54, 1.807) is 13.1 Å². The number of rotatable bonds is 3. The van der Waals surface area contributed by atoms with Crippen LogP contribution in [0.25, 0.3) is 0 Å². The number of aromatic hydroxyl groups is 1. The molecule has 0 radical (unpaired) electrons. The maximum absolute atomic E-state index is 10.1. The van der Waals surface area contributed by atoms with Crippen molar-refractivity contribution in [1.29, 1.82) is 0 Å². The van der Waals surface area contributed by atoms with Gasteiger partial charge in [0.25, 0.3) is 0 Å². The van der Waals surface area contributed by atoms with Crippen LogP contribution >= 0.6 is 12.6 Å². The number of nitroso groups, excluding NO2 is 1. The zero-order chi connectivity index (χ0) is 9.84. The predicted molar refractivity (Wildman–Crippen MR) is 52.8 cm³/mol. The van der Waals surface area contributed by atoms with Crippen LogP contribution in [-0.4, -0.2) is 10.1 Å². The first-order chi connectivity index (χ1) is 6.20. The molecule has 0 aromatic carbocycles. The Morgan fingerprint density at radius 1 is 1.69 bits per heavy atom. The molecule has 70 valence electrons. The lowest BCUT2D eigenvalue weighted by molar-refractivity contribution is 0.459. The Kier molecular flexibility index (Phi) is 3.25. The highest BCUT2D eigenvalue weighted by molar-refractivity contribution is 7.79. The highest BCUT2D eigenvalue weighted by atomic mass is 32.1. The van der Waals surface area contributed by atoms with Crippen LogP contribution < -0.4 is 0 Å². The number of pyridine rings is 1. The third-order valence-corrected chi connectivity index (χ3v) is 2.16. The molecule has 0 saturated heterocycles. The third-order valence-electron chi connectivity index (χ3n) is 1.82. The molecule has 0 bridgehead atoms. The molecule has 0 atom stereocenters. The van der Waals surface area contributed by atoms with E-state index in [0.717, 1.165) is 5.56 Å². The summed E-state index contributed by atoms with van der Waals surface area (Å²) in [5.41, 5.74) is 1.77. The third kappa shape index (κ3) is 1.98. The largest absolute Gasteiger partial charge is 0.506 e. The highest BCUT2D eigenvalue weighted by Crippen LogP contribution is 2.25. The second-order valence-electron chi connectivity index (χ2n) is 2.64. The quantitative estimate of drug-likeness (QED) is 0.575. The predicted octanol–water partition coefficient (Wildman–Crippen LogP) is 1.79. The van der Waals surface area contributed by atoms with Crippen molar-refractivity contribution in [2.24, 2.45) is 5.18 Å². The van der Waals surface area contributed by atoms with Crippen LogP contribution in [0.3, 0.4) is 0 Å². The lowest BCUT2D eigenvalue weighted by Crippen LogP contribution is -1.95. The molecule has 0 aliphatic rings. The van der Waals surface area contributed by atoms with Crippen molar-refractivity contribution in [1.82, 2.24) is 4.98 Å². The second kappa shape index (κ2) is 4.23. The van der Waals surface area contributed by atoms with Crippen molar-refractivity contribution in [3.8, 4) is 5.75 Å². The van der Waals surface area contributed by atoms with E-state index in [2.05, 4.69) is 22.8 Å². The minimum Gasteiger partial charge on any atom is -0.506 e. The van der Waals surface area contributed by atoms with Crippen LogP contribution in [0.4, 0.5) is 0 Å². The second-order valence-corrected chi connectivity index (χ2v) is 2.96. The van der Waals surface area contributed by atoms with Gasteiger partial charge in [-0.3, -0.25) is 4.98 Å². The van der Waals surface area contributed by atoms with Crippen LogP contribution in [0.2, 0.25) is 0 Å². The minimum atomic E-state index is -0.0366. The number of aromatic nitrogens is 1. The standard InChI is InChI=1S/C8H10N2O2S/c1-5-8(11)7(3-10-12)6(4-13)2-9-5/h2,11,13H,3-4H2,1H3. The molecule has 5 heteroatoms. The average molecular weight is 198 g/mol. The Morgan fingerprint density at radius 3 is 2.92 bits per heavy atom. The Morgan fingerprint density at radius 2 is 2.38 bits per heavy atom. The topological polar surface area (TPSA) is 62.5 Å². The van der Waals surface area contributed by atoms with Crippen LogP contribution in [0.15, 0.2) is 11.4 Å². The normalized spacial score (nSPS) is 10.0. The summed E-state index contributed by atoms with van der Waals surface area (Å²) >= 11 is 4.06. The lowest BCUT2D eigenvalue weighted by atomic mass is 10.1. The molecule has 0 unspecified atom stereocenters. The fourth-order valence-corrected chi connectivity index (χ4v) is 1.33. The van der Waals surface area contributed by atoms with Gasteiger partial charge in [-0.1, -0.05) is 5.18 Å². The van der Waals surface area contributed by atoms with Crippen LogP contribution in [0.5, 0.6) is 5.75 Å². The Hall–Kier alpha value is -1.10. The van der Waals surface area contributed by atoms with Gasteiger partial charge in [0.05, 0.1) is 5.69 Å². The molecular weight excluding hydrogens is 188 g/mol. The van der Waals surface area contributed by atoms with Gasteiger partial charge in [-0.2, -0.15) is 17.5 Å². The van der Waals surface area contributed by atoms with Crippen molar-refractivity contribution in [3.05, 3.63) is 27.9 Å².